The summed E-state index contributed by atoms with van der Waals surface area (Å²) in [7, 11) is -12.7. The van der Waals surface area contributed by atoms with Gasteiger partial charge in [0.25, 0.3) is 5.56 Å². The van der Waals surface area contributed by atoms with Crippen LogP contribution in [0, 0.1) is 12.7 Å². The highest BCUT2D eigenvalue weighted by Crippen LogP contribution is 2.73. The van der Waals surface area contributed by atoms with Crippen molar-refractivity contribution in [3.8, 4) is 0 Å². The second-order valence-corrected chi connectivity index (χ2v) is 12.1. The van der Waals surface area contributed by atoms with Gasteiger partial charge in [0.2, 0.25) is 0 Å². The molecule has 18 heteroatoms. The van der Waals surface area contributed by atoms with E-state index in [-0.39, 0.29) is 18.5 Å². The normalized spacial score (nSPS) is 24.2. The summed E-state index contributed by atoms with van der Waals surface area (Å²) in [6.07, 6.45) is -6.56. The first-order valence-electron chi connectivity index (χ1n) is 10.5. The summed E-state index contributed by atoms with van der Waals surface area (Å²) in [5.41, 5.74) is -0.938. The molecule has 37 heavy (non-hydrogen) atoms. The predicted molar refractivity (Wildman–Crippen MR) is 118 cm³/mol. The molecule has 13 nitrogen and oxygen atoms in total. The third-order valence-electron chi connectivity index (χ3n) is 5.62. The molecule has 2 heterocycles. The van der Waals surface area contributed by atoms with Crippen LogP contribution in [-0.4, -0.2) is 64.4 Å². The van der Waals surface area contributed by atoms with Crippen LogP contribution in [0.15, 0.2) is 40.1 Å². The van der Waals surface area contributed by atoms with Crippen LogP contribution in [0.4, 0.5) is 13.2 Å². The molecule has 1 saturated heterocycles. The highest BCUT2D eigenvalue weighted by atomic mass is 31.2. The van der Waals surface area contributed by atoms with Gasteiger partial charge in [-0.25, -0.2) is 9.18 Å². The molecule has 3 rings (SSSR count). The van der Waals surface area contributed by atoms with Gasteiger partial charge in [-0.2, -0.15) is 8.78 Å². The van der Waals surface area contributed by atoms with Crippen molar-refractivity contribution in [2.45, 2.75) is 49.8 Å². The topological polar surface area (TPSA) is 198 Å². The van der Waals surface area contributed by atoms with Crippen LogP contribution < -0.4 is 11.2 Å². The Morgan fingerprint density at radius 1 is 1.11 bits per heavy atom. The summed E-state index contributed by atoms with van der Waals surface area (Å²) in [4.78, 5) is 51.8. The number of halogens is 3. The number of ether oxygens (including phenoxy) is 1. The van der Waals surface area contributed by atoms with Gasteiger partial charge in [-0.1, -0.05) is 12.1 Å². The second-order valence-electron chi connectivity index (χ2n) is 8.26. The molecule has 0 bridgehead atoms. The first kappa shape index (κ1) is 29.4. The molecule has 1 aliphatic rings. The summed E-state index contributed by atoms with van der Waals surface area (Å²) in [6.45, 7) is 0.0656. The molecule has 1 aromatic carbocycles. The molecule has 206 valence electrons. The summed E-state index contributed by atoms with van der Waals surface area (Å²) in [6, 6.07) is 5.31. The number of aliphatic hydroxyl groups is 2. The zero-order valence-corrected chi connectivity index (χ0v) is 20.7. The van der Waals surface area contributed by atoms with E-state index in [9.17, 15) is 47.0 Å². The number of benzene rings is 1. The summed E-state index contributed by atoms with van der Waals surface area (Å²) in [5.74, 6) is -0.546. The fourth-order valence-corrected chi connectivity index (χ4v) is 5.53. The van der Waals surface area contributed by atoms with Crippen LogP contribution in [0.1, 0.15) is 17.4 Å². The molecule has 0 spiro atoms. The standard InChI is InChI=1S/C19H23F3N2O11P2/c1-10-2-3-11(12(20)8-10)4-6-23-14(25)5-7-24(18(23)28)17-16(27)15(26)13(35-17)9-34-37(32,33)19(21,22)36(29,30)31/h2-3,5,7-8,13,15-17,26-27H,4,6,9H2,1H3,(H,32,33)(H2,29,30,31)/t13-,15+,16?,17-/m1/s1. The van der Waals surface area contributed by atoms with E-state index in [0.717, 1.165) is 12.3 Å². The van der Waals surface area contributed by atoms with Gasteiger partial charge >= 0.3 is 26.3 Å². The minimum Gasteiger partial charge on any atom is -0.387 e. The van der Waals surface area contributed by atoms with Gasteiger partial charge in [-0.05, 0) is 30.5 Å². The molecule has 1 aromatic heterocycles. The Balaban J connectivity index is 1.79. The van der Waals surface area contributed by atoms with Crippen LogP contribution in [-0.2, 0) is 31.4 Å². The Morgan fingerprint density at radius 2 is 1.76 bits per heavy atom. The molecule has 0 radical (unpaired) electrons. The molecule has 5 atom stereocenters. The van der Waals surface area contributed by atoms with Crippen molar-refractivity contribution in [1.82, 2.24) is 9.13 Å². The van der Waals surface area contributed by atoms with E-state index in [1.54, 1.807) is 13.0 Å². The van der Waals surface area contributed by atoms with Gasteiger partial charge in [0, 0.05) is 18.8 Å². The number of rotatable bonds is 9. The lowest BCUT2D eigenvalue weighted by Gasteiger charge is -2.24. The highest BCUT2D eigenvalue weighted by Gasteiger charge is 2.65. The fraction of sp³-hybridized carbons (Fsp3) is 0.474. The number of alkyl halides is 2. The second kappa shape index (κ2) is 10.6. The molecule has 2 aromatic rings. The number of aryl methyl sites for hydroxylation is 2. The number of nitrogens with zero attached hydrogens (tertiary/aromatic N) is 2. The Kier molecular flexibility index (Phi) is 8.40. The lowest BCUT2D eigenvalue weighted by atomic mass is 10.1. The number of hydrogen-bond donors (Lipinski definition) is 5. The van der Waals surface area contributed by atoms with Gasteiger partial charge in [-0.15, -0.1) is 0 Å². The van der Waals surface area contributed by atoms with Gasteiger partial charge in [0.05, 0.1) is 6.61 Å². The Bertz CT molecular complexity index is 1380. The fourth-order valence-electron chi connectivity index (χ4n) is 3.53. The van der Waals surface area contributed by atoms with Crippen molar-refractivity contribution >= 4 is 15.2 Å². The number of aliphatic hydroxyl groups excluding tert-OH is 2. The molecule has 0 amide bonds. The molecule has 1 fully saturated rings. The van der Waals surface area contributed by atoms with Crippen LogP contribution in [0.5, 0.6) is 0 Å². The predicted octanol–water partition coefficient (Wildman–Crippen LogP) is 0.249. The highest BCUT2D eigenvalue weighted by molar-refractivity contribution is 7.72. The van der Waals surface area contributed by atoms with Crippen molar-refractivity contribution in [1.29, 1.82) is 0 Å². The lowest BCUT2D eigenvalue weighted by molar-refractivity contribution is -0.0551. The van der Waals surface area contributed by atoms with E-state index in [1.807, 2.05) is 0 Å². The molecular weight excluding hydrogens is 551 g/mol. The van der Waals surface area contributed by atoms with Crippen molar-refractivity contribution < 1.29 is 56.5 Å². The maximum Gasteiger partial charge on any atom is 0.443 e. The van der Waals surface area contributed by atoms with Crippen molar-refractivity contribution in [2.24, 2.45) is 0 Å². The van der Waals surface area contributed by atoms with Crippen LogP contribution in [0.2, 0.25) is 0 Å². The minimum absolute atomic E-state index is 0.0575. The number of aromatic nitrogens is 2. The van der Waals surface area contributed by atoms with E-state index in [2.05, 4.69) is 4.52 Å². The molecule has 2 unspecified atom stereocenters. The van der Waals surface area contributed by atoms with Crippen LogP contribution >= 0.6 is 15.2 Å². The molecule has 1 aliphatic heterocycles. The third-order valence-corrected chi connectivity index (χ3v) is 9.04. The summed E-state index contributed by atoms with van der Waals surface area (Å²) in [5, 5.41) is 15.0. The smallest absolute Gasteiger partial charge is 0.387 e. The molecule has 5 N–H and O–H groups in total. The first-order valence-corrected chi connectivity index (χ1v) is 13.7. The molecule has 0 aliphatic carbocycles. The van der Waals surface area contributed by atoms with Gasteiger partial charge in [-0.3, -0.25) is 23.1 Å². The summed E-state index contributed by atoms with van der Waals surface area (Å²) >= 11 is 0. The SMILES string of the molecule is Cc1ccc(CCn2c(=O)ccn([C@@H]3O[C@H](COP(=O)(O)C(F)(F)P(=O)(O)O)[C@H](O)C3O)c2=O)c(F)c1. The Hall–Kier alpha value is -2.13. The largest absolute Gasteiger partial charge is 0.443 e. The summed E-state index contributed by atoms with van der Waals surface area (Å²) < 4.78 is 74.6. The maximum absolute atomic E-state index is 14.1. The third kappa shape index (κ3) is 5.82. The average Bonchev–Trinajstić information content (AvgIpc) is 3.06. The van der Waals surface area contributed by atoms with Crippen molar-refractivity contribution in [3.63, 3.8) is 0 Å². The van der Waals surface area contributed by atoms with Crippen LogP contribution in [0.25, 0.3) is 0 Å². The van der Waals surface area contributed by atoms with Crippen molar-refractivity contribution in [2.75, 3.05) is 6.61 Å². The average molecular weight is 574 g/mol. The number of hydrogen-bond acceptors (Lipinski definition) is 8. The zero-order chi connectivity index (χ0) is 27.9. The molecule has 0 saturated carbocycles. The van der Waals surface area contributed by atoms with Gasteiger partial charge in [0.15, 0.2) is 6.23 Å². The van der Waals surface area contributed by atoms with E-state index in [4.69, 9.17) is 14.5 Å². The Labute approximate surface area is 206 Å². The van der Waals surface area contributed by atoms with Gasteiger partial charge < -0.3 is 34.2 Å². The zero-order valence-electron chi connectivity index (χ0n) is 18.9. The maximum atomic E-state index is 14.1. The van der Waals surface area contributed by atoms with E-state index in [1.165, 1.54) is 12.1 Å². The van der Waals surface area contributed by atoms with E-state index < -0.39 is 68.8 Å². The van der Waals surface area contributed by atoms with Gasteiger partial charge in [0.1, 0.15) is 24.1 Å². The van der Waals surface area contributed by atoms with Crippen molar-refractivity contribution in [3.05, 3.63) is 68.2 Å². The lowest BCUT2D eigenvalue weighted by Crippen LogP contribution is -2.43. The Morgan fingerprint density at radius 3 is 2.35 bits per heavy atom. The van der Waals surface area contributed by atoms with E-state index >= 15 is 0 Å². The minimum atomic E-state index is -6.42. The monoisotopic (exact) mass is 574 g/mol. The molecular formula is C19H23F3N2O11P2. The van der Waals surface area contributed by atoms with Crippen LogP contribution in [0.3, 0.4) is 0 Å². The van der Waals surface area contributed by atoms with E-state index in [0.29, 0.717) is 14.7 Å². The quantitative estimate of drug-likeness (QED) is 0.257. The first-order chi connectivity index (χ1) is 17.0.